The normalized spacial score (nSPS) is 18.0. The summed E-state index contributed by atoms with van der Waals surface area (Å²) >= 11 is 6.07. The van der Waals surface area contributed by atoms with E-state index >= 15 is 0 Å². The number of carbonyl (C=O) groups excluding carboxylic acids is 1. The first-order valence-corrected chi connectivity index (χ1v) is 6.79. The zero-order valence-corrected chi connectivity index (χ0v) is 11.7. The number of nitrogens with zero attached hydrogens (tertiary/aromatic N) is 6. The molecule has 1 aromatic carbocycles. The van der Waals surface area contributed by atoms with Crippen LogP contribution in [-0.4, -0.2) is 29.0 Å². The van der Waals surface area contributed by atoms with Crippen LogP contribution in [0.3, 0.4) is 0 Å². The van der Waals surface area contributed by atoms with Gasteiger partial charge in [0.1, 0.15) is 0 Å². The second kappa shape index (κ2) is 5.55. The molecule has 1 saturated heterocycles. The summed E-state index contributed by atoms with van der Waals surface area (Å²) in [5, 5.41) is 4.85. The van der Waals surface area contributed by atoms with Gasteiger partial charge in [0.2, 0.25) is 11.9 Å². The van der Waals surface area contributed by atoms with Gasteiger partial charge in [0.25, 0.3) is 0 Å². The smallest absolute Gasteiger partial charge is 0.232 e. The Morgan fingerprint density at radius 2 is 2.38 bits per heavy atom. The summed E-state index contributed by atoms with van der Waals surface area (Å²) in [5.41, 5.74) is 9.04. The number of hydrogen-bond donors (Lipinski definition) is 0. The topological polar surface area (TPSA) is 94.9 Å². The lowest BCUT2D eigenvalue weighted by Gasteiger charge is -2.14. The van der Waals surface area contributed by atoms with Gasteiger partial charge in [-0.2, -0.15) is 0 Å². The maximum Gasteiger partial charge on any atom is 0.232 e. The molecule has 1 aliphatic rings. The monoisotopic (exact) mass is 302 g/mol. The Kier molecular flexibility index (Phi) is 3.60. The van der Waals surface area contributed by atoms with Gasteiger partial charge in [-0.3, -0.25) is 9.69 Å². The summed E-state index contributed by atoms with van der Waals surface area (Å²) in [4.78, 5) is 24.9. The van der Waals surface area contributed by atoms with Gasteiger partial charge in [-0.1, -0.05) is 22.8 Å². The first-order valence-electron chi connectivity index (χ1n) is 6.41. The standard InChI is InChI=1S/C13H11ClN6O/c14-10-2-1-3-11-9(10)6-16-13(18-11)20-7-8(4-12(20)21)5-17-19-15/h1-3,6,8H,4-5,7H2. The number of halogens is 1. The van der Waals surface area contributed by atoms with E-state index < -0.39 is 0 Å². The first kappa shape index (κ1) is 13.6. The van der Waals surface area contributed by atoms with Crippen LogP contribution >= 0.6 is 11.6 Å². The van der Waals surface area contributed by atoms with Crippen LogP contribution in [0, 0.1) is 5.92 Å². The highest BCUT2D eigenvalue weighted by Gasteiger charge is 2.31. The Hall–Kier alpha value is -2.37. The summed E-state index contributed by atoms with van der Waals surface area (Å²) in [7, 11) is 0. The summed E-state index contributed by atoms with van der Waals surface area (Å²) in [6.07, 6.45) is 1.96. The molecule has 1 atom stereocenters. The quantitative estimate of drug-likeness (QED) is 0.495. The molecule has 2 aromatic rings. The van der Waals surface area contributed by atoms with Crippen LogP contribution in [0.25, 0.3) is 21.3 Å². The zero-order valence-electron chi connectivity index (χ0n) is 11.0. The van der Waals surface area contributed by atoms with Gasteiger partial charge < -0.3 is 0 Å². The van der Waals surface area contributed by atoms with Crippen molar-refractivity contribution in [3.05, 3.63) is 39.9 Å². The van der Waals surface area contributed by atoms with Crippen LogP contribution in [0.1, 0.15) is 6.42 Å². The summed E-state index contributed by atoms with van der Waals surface area (Å²) in [5.74, 6) is 0.305. The van der Waals surface area contributed by atoms with Crippen LogP contribution in [0.5, 0.6) is 0 Å². The summed E-state index contributed by atoms with van der Waals surface area (Å²) < 4.78 is 0. The molecule has 0 bridgehead atoms. The van der Waals surface area contributed by atoms with E-state index in [9.17, 15) is 4.79 Å². The van der Waals surface area contributed by atoms with Crippen molar-refractivity contribution in [2.45, 2.75) is 6.42 Å². The lowest BCUT2D eigenvalue weighted by molar-refractivity contribution is -0.117. The number of hydrogen-bond acceptors (Lipinski definition) is 4. The van der Waals surface area contributed by atoms with E-state index in [1.165, 1.54) is 4.90 Å². The number of aromatic nitrogens is 2. The van der Waals surface area contributed by atoms with Crippen LogP contribution in [0.15, 0.2) is 29.5 Å². The van der Waals surface area contributed by atoms with E-state index in [-0.39, 0.29) is 11.8 Å². The van der Waals surface area contributed by atoms with Crippen molar-refractivity contribution in [1.82, 2.24) is 9.97 Å². The highest BCUT2D eigenvalue weighted by Crippen LogP contribution is 2.26. The third-order valence-corrected chi connectivity index (χ3v) is 3.74. The van der Waals surface area contributed by atoms with Crippen molar-refractivity contribution >= 4 is 34.4 Å². The predicted octanol–water partition coefficient (Wildman–Crippen LogP) is 2.95. The molecule has 1 aromatic heterocycles. The van der Waals surface area contributed by atoms with Crippen molar-refractivity contribution in [2.24, 2.45) is 11.0 Å². The van der Waals surface area contributed by atoms with Crippen LogP contribution in [0.4, 0.5) is 5.95 Å². The minimum absolute atomic E-state index is 0.00654. The molecule has 3 rings (SSSR count). The van der Waals surface area contributed by atoms with Crippen LogP contribution in [-0.2, 0) is 4.79 Å². The first-order chi connectivity index (χ1) is 10.2. The number of fused-ring (bicyclic) bond motifs is 1. The molecule has 0 spiro atoms. The SMILES string of the molecule is [N-]=[N+]=NCC1CC(=O)N(c2ncc3c(Cl)cccc3n2)C1. The van der Waals surface area contributed by atoms with Gasteiger partial charge in [0, 0.05) is 36.0 Å². The second-order valence-electron chi connectivity index (χ2n) is 4.83. The van der Waals surface area contributed by atoms with Crippen molar-refractivity contribution in [3.63, 3.8) is 0 Å². The molecular formula is C13H11ClN6O. The Bertz CT molecular complexity index is 757. The lowest BCUT2D eigenvalue weighted by Crippen LogP contribution is -2.26. The average molecular weight is 303 g/mol. The molecule has 2 heterocycles. The van der Waals surface area contributed by atoms with Gasteiger partial charge in [-0.25, -0.2) is 9.97 Å². The van der Waals surface area contributed by atoms with E-state index in [0.717, 1.165) is 5.39 Å². The van der Waals surface area contributed by atoms with Crippen molar-refractivity contribution in [2.75, 3.05) is 18.0 Å². The molecule has 1 fully saturated rings. The number of amides is 1. The molecule has 21 heavy (non-hydrogen) atoms. The molecule has 0 saturated carbocycles. The van der Waals surface area contributed by atoms with E-state index in [0.29, 0.717) is 36.0 Å². The van der Waals surface area contributed by atoms with E-state index in [1.807, 2.05) is 6.07 Å². The molecule has 0 N–H and O–H groups in total. The molecule has 0 aliphatic carbocycles. The Morgan fingerprint density at radius 1 is 1.52 bits per heavy atom. The maximum atomic E-state index is 12.0. The molecule has 1 aliphatic heterocycles. The molecular weight excluding hydrogens is 292 g/mol. The molecule has 0 radical (unpaired) electrons. The van der Waals surface area contributed by atoms with Crippen molar-refractivity contribution < 1.29 is 4.79 Å². The van der Waals surface area contributed by atoms with Gasteiger partial charge in [0.15, 0.2) is 0 Å². The van der Waals surface area contributed by atoms with Crippen LogP contribution < -0.4 is 4.90 Å². The minimum atomic E-state index is -0.0606. The van der Waals surface area contributed by atoms with Crippen molar-refractivity contribution in [3.8, 4) is 0 Å². The van der Waals surface area contributed by atoms with E-state index in [4.69, 9.17) is 17.1 Å². The lowest BCUT2D eigenvalue weighted by atomic mass is 10.1. The molecule has 7 nitrogen and oxygen atoms in total. The highest BCUT2D eigenvalue weighted by atomic mass is 35.5. The number of anilines is 1. The molecule has 1 unspecified atom stereocenters. The fourth-order valence-corrected chi connectivity index (χ4v) is 2.61. The van der Waals surface area contributed by atoms with E-state index in [2.05, 4.69) is 20.0 Å². The van der Waals surface area contributed by atoms with Gasteiger partial charge in [-0.15, -0.1) is 0 Å². The Morgan fingerprint density at radius 3 is 3.19 bits per heavy atom. The summed E-state index contributed by atoms with van der Waals surface area (Å²) in [6, 6.07) is 5.39. The fourth-order valence-electron chi connectivity index (χ4n) is 2.39. The van der Waals surface area contributed by atoms with Crippen molar-refractivity contribution in [1.29, 1.82) is 0 Å². The number of rotatable bonds is 3. The van der Waals surface area contributed by atoms with Gasteiger partial charge in [-0.05, 0) is 23.6 Å². The van der Waals surface area contributed by atoms with Gasteiger partial charge >= 0.3 is 0 Å². The van der Waals surface area contributed by atoms with Crippen LogP contribution in [0.2, 0.25) is 5.02 Å². The molecule has 106 valence electrons. The minimum Gasteiger partial charge on any atom is -0.280 e. The van der Waals surface area contributed by atoms with E-state index in [1.54, 1.807) is 18.3 Å². The van der Waals surface area contributed by atoms with Gasteiger partial charge in [0.05, 0.1) is 10.5 Å². The number of carbonyl (C=O) groups is 1. The average Bonchev–Trinajstić information content (AvgIpc) is 2.86. The molecule has 1 amide bonds. The summed E-state index contributed by atoms with van der Waals surface area (Å²) in [6.45, 7) is 0.766. The predicted molar refractivity (Wildman–Crippen MR) is 79.0 cm³/mol. The second-order valence-corrected chi connectivity index (χ2v) is 5.24. The third kappa shape index (κ3) is 2.61. The molecule has 8 heteroatoms. The fraction of sp³-hybridized carbons (Fsp3) is 0.308. The maximum absolute atomic E-state index is 12.0. The largest absolute Gasteiger partial charge is 0.280 e. The Labute approximate surface area is 125 Å². The third-order valence-electron chi connectivity index (χ3n) is 3.41. The number of benzene rings is 1. The Balaban J connectivity index is 1.90. The number of azide groups is 1. The highest BCUT2D eigenvalue weighted by molar-refractivity contribution is 6.35. The zero-order chi connectivity index (χ0) is 14.8.